The zero-order valence-electron chi connectivity index (χ0n) is 21.4. The number of anilines is 2. The van der Waals surface area contributed by atoms with Crippen LogP contribution in [0.1, 0.15) is 28.5 Å². The van der Waals surface area contributed by atoms with Gasteiger partial charge in [-0.25, -0.2) is 18.7 Å². The molecule has 0 aliphatic carbocycles. The highest BCUT2D eigenvalue weighted by molar-refractivity contribution is 5.98. The van der Waals surface area contributed by atoms with Crippen molar-refractivity contribution in [2.24, 2.45) is 0 Å². The number of hydrogen-bond acceptors (Lipinski definition) is 8. The van der Waals surface area contributed by atoms with Gasteiger partial charge in [0.15, 0.2) is 22.9 Å². The van der Waals surface area contributed by atoms with E-state index >= 15 is 0 Å². The molecule has 0 bridgehead atoms. The van der Waals surface area contributed by atoms with Gasteiger partial charge in [0.2, 0.25) is 0 Å². The van der Waals surface area contributed by atoms with Gasteiger partial charge in [0.05, 0.1) is 29.2 Å². The first-order valence-corrected chi connectivity index (χ1v) is 12.4. The zero-order chi connectivity index (χ0) is 29.3. The number of hydrogen-bond donors (Lipinski definition) is 3. The highest BCUT2D eigenvalue weighted by Gasteiger charge is 2.38. The second kappa shape index (κ2) is 11.1. The lowest BCUT2D eigenvalue weighted by Crippen LogP contribution is -2.57. The number of carbonyl (C=O) groups is 2. The molecule has 1 aliphatic rings. The van der Waals surface area contributed by atoms with Crippen molar-refractivity contribution in [3.05, 3.63) is 53.7 Å². The van der Waals surface area contributed by atoms with Gasteiger partial charge in [-0.15, -0.1) is 0 Å². The molecule has 3 N–H and O–H groups in total. The van der Waals surface area contributed by atoms with Gasteiger partial charge >= 0.3 is 6.18 Å². The largest absolute Gasteiger partial charge is 0.435 e. The fraction of sp³-hybridized carbons (Fsp3) is 0.320. The second-order valence-corrected chi connectivity index (χ2v) is 9.10. The molecule has 1 aromatic carbocycles. The summed E-state index contributed by atoms with van der Waals surface area (Å²) in [6.45, 7) is 2.27. The van der Waals surface area contributed by atoms with E-state index in [0.29, 0.717) is 35.3 Å². The van der Waals surface area contributed by atoms with Crippen LogP contribution in [0.3, 0.4) is 0 Å². The van der Waals surface area contributed by atoms with Crippen molar-refractivity contribution in [3.63, 3.8) is 0 Å². The second-order valence-electron chi connectivity index (χ2n) is 9.10. The molecule has 16 heteroatoms. The van der Waals surface area contributed by atoms with Crippen molar-refractivity contribution in [2.45, 2.75) is 38.5 Å². The Bertz CT molecular complexity index is 1600. The normalized spacial score (nSPS) is 13.8. The molecule has 0 saturated carbocycles. The van der Waals surface area contributed by atoms with E-state index in [0.717, 1.165) is 12.4 Å². The number of fused-ring (bicyclic) bond motifs is 1. The van der Waals surface area contributed by atoms with Gasteiger partial charge in [0.1, 0.15) is 6.54 Å². The fourth-order valence-corrected chi connectivity index (χ4v) is 4.51. The molecule has 0 spiro atoms. The predicted octanol–water partition coefficient (Wildman–Crippen LogP) is 3.42. The van der Waals surface area contributed by atoms with Gasteiger partial charge in [-0.05, 0) is 18.6 Å². The Morgan fingerprint density at radius 2 is 2.05 bits per heavy atom. The number of alkyl halides is 5. The number of halogens is 5. The first kappa shape index (κ1) is 27.9. The molecule has 4 aromatic rings. The summed E-state index contributed by atoms with van der Waals surface area (Å²) in [5.41, 5.74) is -0.742. The molecule has 0 atom stereocenters. The van der Waals surface area contributed by atoms with E-state index in [1.54, 1.807) is 13.0 Å². The number of ether oxygens (including phenoxy) is 1. The van der Waals surface area contributed by atoms with Crippen LogP contribution in [0.5, 0.6) is 5.75 Å². The molecule has 1 amide bonds. The lowest BCUT2D eigenvalue weighted by molar-refractivity contribution is -0.141. The molecule has 216 valence electrons. The van der Waals surface area contributed by atoms with E-state index in [1.807, 2.05) is 0 Å². The Morgan fingerprint density at radius 1 is 1.27 bits per heavy atom. The first-order chi connectivity index (χ1) is 19.6. The van der Waals surface area contributed by atoms with Crippen LogP contribution in [-0.4, -0.2) is 62.1 Å². The Balaban J connectivity index is 1.54. The number of amides is 1. The van der Waals surface area contributed by atoms with E-state index in [9.17, 15) is 31.5 Å². The van der Waals surface area contributed by atoms with E-state index in [1.165, 1.54) is 22.9 Å². The van der Waals surface area contributed by atoms with E-state index < -0.39 is 30.4 Å². The van der Waals surface area contributed by atoms with Crippen molar-refractivity contribution in [1.82, 2.24) is 34.8 Å². The monoisotopic (exact) mass is 578 g/mol. The third-order valence-electron chi connectivity index (χ3n) is 6.45. The number of aromatic nitrogens is 5. The summed E-state index contributed by atoms with van der Waals surface area (Å²) in [4.78, 5) is 32.7. The van der Waals surface area contributed by atoms with Crippen LogP contribution < -0.4 is 20.7 Å². The smallest absolute Gasteiger partial charge is 0.426 e. The van der Waals surface area contributed by atoms with Gasteiger partial charge in [-0.2, -0.15) is 18.3 Å². The summed E-state index contributed by atoms with van der Waals surface area (Å²) in [6.07, 6.45) is -2.80. The number of nitrogens with one attached hydrogen (secondary N) is 3. The summed E-state index contributed by atoms with van der Waals surface area (Å²) in [7, 11) is 0. The molecule has 0 radical (unpaired) electrons. The Kier molecular flexibility index (Phi) is 7.57. The minimum atomic E-state index is -4.91. The van der Waals surface area contributed by atoms with Crippen molar-refractivity contribution in [3.8, 4) is 17.0 Å². The molecular weight excluding hydrogens is 555 g/mol. The first-order valence-electron chi connectivity index (χ1n) is 12.4. The number of benzene rings is 1. The quantitative estimate of drug-likeness (QED) is 0.193. The number of nitrogens with zero attached hydrogens (tertiary/aromatic N) is 5. The molecule has 1 aliphatic heterocycles. The van der Waals surface area contributed by atoms with Crippen molar-refractivity contribution in [2.75, 3.05) is 18.4 Å². The van der Waals surface area contributed by atoms with Gasteiger partial charge < -0.3 is 20.7 Å². The summed E-state index contributed by atoms with van der Waals surface area (Å²) in [6, 6.07) is 3.05. The summed E-state index contributed by atoms with van der Waals surface area (Å²) in [5.74, 6) is -0.172. The lowest BCUT2D eigenvalue weighted by Gasteiger charge is -2.28. The maximum Gasteiger partial charge on any atom is 0.435 e. The molecule has 11 nitrogen and oxygen atoms in total. The van der Waals surface area contributed by atoms with Crippen molar-refractivity contribution < 1.29 is 36.3 Å². The average molecular weight is 579 g/mol. The molecule has 1 fully saturated rings. The number of rotatable bonds is 10. The highest BCUT2D eigenvalue weighted by Crippen LogP contribution is 2.38. The number of carbonyl (C=O) groups excluding carboxylic acids is 2. The summed E-state index contributed by atoms with van der Waals surface area (Å²) < 4.78 is 74.0. The van der Waals surface area contributed by atoms with Gasteiger partial charge in [-0.3, -0.25) is 18.7 Å². The fourth-order valence-electron chi connectivity index (χ4n) is 4.51. The molecule has 5 rings (SSSR count). The van der Waals surface area contributed by atoms with Crippen LogP contribution in [-0.2, 0) is 23.9 Å². The maximum atomic E-state index is 13.7. The van der Waals surface area contributed by atoms with Crippen LogP contribution >= 0.6 is 0 Å². The molecular formula is C25H23F5N8O3. The van der Waals surface area contributed by atoms with Gasteiger partial charge in [-0.1, -0.05) is 6.92 Å². The predicted molar refractivity (Wildman–Crippen MR) is 135 cm³/mol. The molecule has 3 aromatic heterocycles. The Labute approximate surface area is 228 Å². The van der Waals surface area contributed by atoms with Crippen LogP contribution in [0.15, 0.2) is 36.9 Å². The maximum absolute atomic E-state index is 13.7. The van der Waals surface area contributed by atoms with E-state index in [4.69, 9.17) is 4.74 Å². The van der Waals surface area contributed by atoms with E-state index in [2.05, 4.69) is 31.0 Å². The van der Waals surface area contributed by atoms with Crippen LogP contribution in [0.4, 0.5) is 33.5 Å². The SMILES string of the molecule is CCc1c(C(=O)NC2CNC2)ccc(Nc2nccn3c(-c4cn(CC(F)F)nc4C(F)(F)F)cnc23)c1OC=O. The minimum absolute atomic E-state index is 0.0165. The van der Waals surface area contributed by atoms with Crippen molar-refractivity contribution >= 4 is 29.5 Å². The van der Waals surface area contributed by atoms with Crippen LogP contribution in [0.25, 0.3) is 16.9 Å². The standard InChI is InChI=1S/C25H23F5N8O3/c1-2-14-15(24(40)34-13-7-31-8-13)3-4-17(20(14)41-12-39)35-22-23-33-9-18(38(23)6-5-32-22)16-10-37(11-19(26)27)36-21(16)25(28,29)30/h3-6,9-10,12-13,19,31H,2,7-8,11H2,1H3,(H,32,35)(H,34,40). The zero-order valence-corrected chi connectivity index (χ0v) is 21.4. The Morgan fingerprint density at radius 3 is 2.68 bits per heavy atom. The minimum Gasteiger partial charge on any atom is -0.426 e. The Hall–Kier alpha value is -4.60. The molecule has 1 saturated heterocycles. The highest BCUT2D eigenvalue weighted by atomic mass is 19.4. The topological polar surface area (TPSA) is 127 Å². The third-order valence-corrected chi connectivity index (χ3v) is 6.45. The van der Waals surface area contributed by atoms with Crippen LogP contribution in [0.2, 0.25) is 0 Å². The lowest BCUT2D eigenvalue weighted by atomic mass is 10.0. The average Bonchev–Trinajstić information content (AvgIpc) is 3.51. The molecule has 41 heavy (non-hydrogen) atoms. The van der Waals surface area contributed by atoms with E-state index in [-0.39, 0.29) is 47.0 Å². The van der Waals surface area contributed by atoms with Crippen LogP contribution in [0, 0.1) is 0 Å². The molecule has 0 unspecified atom stereocenters. The molecule has 4 heterocycles. The van der Waals surface area contributed by atoms with Gasteiger partial charge in [0.25, 0.3) is 18.8 Å². The third kappa shape index (κ3) is 5.54. The number of imidazole rings is 1. The van der Waals surface area contributed by atoms with Crippen molar-refractivity contribution in [1.29, 1.82) is 0 Å². The van der Waals surface area contributed by atoms with Gasteiger partial charge in [0, 0.05) is 42.8 Å². The summed E-state index contributed by atoms with van der Waals surface area (Å²) >= 11 is 0. The summed E-state index contributed by atoms with van der Waals surface area (Å²) in [5, 5.41) is 12.3.